The van der Waals surface area contributed by atoms with Crippen LogP contribution in [0.25, 0.3) is 10.9 Å². The molecule has 3 fully saturated rings. The van der Waals surface area contributed by atoms with Gasteiger partial charge in [0, 0.05) is 49.5 Å². The number of carbonyl (C=O) groups is 1. The van der Waals surface area contributed by atoms with Crippen LogP contribution in [0.1, 0.15) is 12.0 Å². The van der Waals surface area contributed by atoms with Crippen molar-refractivity contribution in [2.75, 3.05) is 51.4 Å². The van der Waals surface area contributed by atoms with E-state index in [1.807, 2.05) is 12.1 Å². The highest BCUT2D eigenvalue weighted by Crippen LogP contribution is 2.35. The van der Waals surface area contributed by atoms with Crippen LogP contribution in [0, 0.1) is 5.82 Å². The number of allylic oxidation sites excluding steroid dienone is 1. The Labute approximate surface area is 246 Å². The van der Waals surface area contributed by atoms with Gasteiger partial charge in [-0.1, -0.05) is 29.3 Å². The molecule has 0 radical (unpaired) electrons. The zero-order chi connectivity index (χ0) is 28.3. The molecule has 0 saturated carbocycles. The van der Waals surface area contributed by atoms with Gasteiger partial charge in [-0.3, -0.25) is 9.69 Å². The summed E-state index contributed by atoms with van der Waals surface area (Å²) in [6.45, 7) is 4.53. The number of aromatic nitrogens is 2. The predicted molar refractivity (Wildman–Crippen MR) is 153 cm³/mol. The molecule has 3 atom stereocenters. The molecule has 216 valence electrons. The van der Waals surface area contributed by atoms with Crippen LogP contribution in [0.15, 0.2) is 42.7 Å². The lowest BCUT2D eigenvalue weighted by Gasteiger charge is -2.24. The van der Waals surface area contributed by atoms with Crippen LogP contribution in [-0.4, -0.2) is 85.0 Å². The highest BCUT2D eigenvalue weighted by Gasteiger charge is 2.35. The zero-order valence-electron chi connectivity index (χ0n) is 22.2. The summed E-state index contributed by atoms with van der Waals surface area (Å²) in [4.78, 5) is 24.0. The number of fused-ring (bicyclic) bond motifs is 2. The van der Waals surface area contributed by atoms with Gasteiger partial charge in [-0.15, -0.1) is 0 Å². The highest BCUT2D eigenvalue weighted by atomic mass is 35.5. The minimum Gasteiger partial charge on any atom is -0.488 e. The van der Waals surface area contributed by atoms with Crippen LogP contribution in [0.3, 0.4) is 0 Å². The fourth-order valence-corrected chi connectivity index (χ4v) is 5.59. The zero-order valence-corrected chi connectivity index (χ0v) is 23.7. The van der Waals surface area contributed by atoms with E-state index in [2.05, 4.69) is 20.2 Å². The van der Waals surface area contributed by atoms with Crippen molar-refractivity contribution in [1.82, 2.24) is 14.9 Å². The van der Waals surface area contributed by atoms with Crippen molar-refractivity contribution in [3.8, 4) is 5.75 Å². The molecule has 41 heavy (non-hydrogen) atoms. The summed E-state index contributed by atoms with van der Waals surface area (Å²) < 4.78 is 38.1. The maximum absolute atomic E-state index is 14.8. The second kappa shape index (κ2) is 12.6. The van der Waals surface area contributed by atoms with E-state index in [-0.39, 0.29) is 46.2 Å². The average Bonchev–Trinajstić information content (AvgIpc) is 3.63. The van der Waals surface area contributed by atoms with Gasteiger partial charge in [0.15, 0.2) is 11.6 Å². The first-order chi connectivity index (χ1) is 19.9. The molecule has 9 nitrogen and oxygen atoms in total. The summed E-state index contributed by atoms with van der Waals surface area (Å²) in [6.07, 6.45) is 5.76. The quantitative estimate of drug-likeness (QED) is 0.275. The van der Waals surface area contributed by atoms with Crippen molar-refractivity contribution in [3.05, 3.63) is 64.2 Å². The monoisotopic (exact) mass is 602 g/mol. The Hall–Kier alpha value is -2.86. The third kappa shape index (κ3) is 6.48. The maximum Gasteiger partial charge on any atom is 0.166 e. The number of benzene rings is 2. The molecular weight excluding hydrogens is 574 g/mol. The van der Waals surface area contributed by atoms with Crippen molar-refractivity contribution in [1.29, 1.82) is 0 Å². The number of ether oxygens (including phenoxy) is 4. The van der Waals surface area contributed by atoms with Gasteiger partial charge in [-0.25, -0.2) is 14.4 Å². The third-order valence-electron chi connectivity index (χ3n) is 7.36. The summed E-state index contributed by atoms with van der Waals surface area (Å²) >= 11 is 11.9. The van der Waals surface area contributed by atoms with Gasteiger partial charge in [0.05, 0.1) is 59.9 Å². The minimum absolute atomic E-state index is 0.0807. The Morgan fingerprint density at radius 1 is 1.15 bits per heavy atom. The average molecular weight is 603 g/mol. The predicted octanol–water partition coefficient (Wildman–Crippen LogP) is 4.75. The van der Waals surface area contributed by atoms with Gasteiger partial charge < -0.3 is 24.3 Å². The second-order valence-corrected chi connectivity index (χ2v) is 11.0. The van der Waals surface area contributed by atoms with E-state index in [0.717, 1.165) is 19.5 Å². The van der Waals surface area contributed by atoms with Crippen molar-refractivity contribution in [2.45, 2.75) is 31.2 Å². The van der Waals surface area contributed by atoms with Gasteiger partial charge in [0.2, 0.25) is 0 Å². The number of hydrogen-bond acceptors (Lipinski definition) is 9. The van der Waals surface area contributed by atoms with Crippen LogP contribution < -0.4 is 10.1 Å². The molecule has 4 heterocycles. The highest BCUT2D eigenvalue weighted by molar-refractivity contribution is 6.42. The molecule has 6 rings (SSSR count). The molecule has 2 aromatic carbocycles. The van der Waals surface area contributed by atoms with Gasteiger partial charge in [-0.05, 0) is 24.3 Å². The molecule has 1 N–H and O–H groups in total. The molecule has 0 aliphatic carbocycles. The van der Waals surface area contributed by atoms with E-state index >= 15 is 0 Å². The van der Waals surface area contributed by atoms with Crippen molar-refractivity contribution >= 4 is 51.4 Å². The largest absolute Gasteiger partial charge is 0.488 e. The van der Waals surface area contributed by atoms with E-state index in [4.69, 9.17) is 42.1 Å². The number of rotatable bonds is 9. The fraction of sp³-hybridized carbons (Fsp3) is 0.414. The van der Waals surface area contributed by atoms with Crippen LogP contribution >= 0.6 is 23.2 Å². The molecule has 12 heteroatoms. The fourth-order valence-electron chi connectivity index (χ4n) is 5.28. The van der Waals surface area contributed by atoms with Crippen molar-refractivity contribution in [2.24, 2.45) is 0 Å². The molecule has 0 unspecified atom stereocenters. The third-order valence-corrected chi connectivity index (χ3v) is 8.14. The Morgan fingerprint density at radius 2 is 1.95 bits per heavy atom. The first kappa shape index (κ1) is 28.3. The first-order valence-electron chi connectivity index (χ1n) is 13.5. The van der Waals surface area contributed by atoms with Gasteiger partial charge >= 0.3 is 0 Å². The summed E-state index contributed by atoms with van der Waals surface area (Å²) in [5.74, 6) is 0.135. The lowest BCUT2D eigenvalue weighted by Crippen LogP contribution is -2.36. The Kier molecular flexibility index (Phi) is 8.66. The Morgan fingerprint density at radius 3 is 2.71 bits per heavy atom. The maximum atomic E-state index is 14.8. The smallest absolute Gasteiger partial charge is 0.166 e. The molecule has 1 aromatic heterocycles. The van der Waals surface area contributed by atoms with E-state index < -0.39 is 5.82 Å². The van der Waals surface area contributed by atoms with Gasteiger partial charge in [0.25, 0.3) is 0 Å². The molecule has 0 amide bonds. The molecule has 3 aliphatic rings. The molecule has 0 spiro atoms. The molecule has 3 aromatic rings. The SMILES string of the molecule is O=C(/C=C/CN1C[C@@H]2OCCO[C@@H]2C1)Cc1cc2c(Nc3ccc(Cl)c(Cl)c3F)ncnc2cc1O[C@H]1CCOC1. The number of nitrogens with zero attached hydrogens (tertiary/aromatic N) is 3. The van der Waals surface area contributed by atoms with Gasteiger partial charge in [0.1, 0.15) is 24.0 Å². The lowest BCUT2D eigenvalue weighted by atomic mass is 10.0. The molecule has 3 saturated heterocycles. The standard InChI is InChI=1S/C29H29Cl2FN4O5/c30-21-3-4-22(28(32)27(21)31)35-29-20-11-17(24(12-23(20)33-16-34-29)41-19-5-7-38-15-19)10-18(37)2-1-6-36-13-25-26(14-36)40-9-8-39-25/h1-4,11-12,16,19,25-26H,5-10,13-15H2,(H,33,34,35)/b2-1+/t19-,25-,26+/m0/s1. The molecule has 0 bridgehead atoms. The molecule has 3 aliphatic heterocycles. The summed E-state index contributed by atoms with van der Waals surface area (Å²) in [6, 6.07) is 6.58. The normalized spacial score (nSPS) is 22.9. The number of halogens is 3. The summed E-state index contributed by atoms with van der Waals surface area (Å²) in [7, 11) is 0. The number of nitrogens with one attached hydrogen (secondary N) is 1. The van der Waals surface area contributed by atoms with E-state index in [1.165, 1.54) is 18.5 Å². The minimum atomic E-state index is -0.692. The Bertz CT molecular complexity index is 1450. The second-order valence-electron chi connectivity index (χ2n) is 10.2. The summed E-state index contributed by atoms with van der Waals surface area (Å²) in [5, 5.41) is 3.51. The first-order valence-corrected chi connectivity index (χ1v) is 14.3. The van der Waals surface area contributed by atoms with Crippen LogP contribution in [-0.2, 0) is 25.4 Å². The number of likely N-dealkylation sites (tertiary alicyclic amines) is 1. The number of carbonyl (C=O) groups excluding carboxylic acids is 1. The number of ketones is 1. The van der Waals surface area contributed by atoms with Crippen molar-refractivity contribution < 1.29 is 28.1 Å². The van der Waals surface area contributed by atoms with Crippen LogP contribution in [0.2, 0.25) is 10.0 Å². The van der Waals surface area contributed by atoms with E-state index in [1.54, 1.807) is 12.1 Å². The molecular formula is C29H29Cl2FN4O5. The van der Waals surface area contributed by atoms with Crippen LogP contribution in [0.5, 0.6) is 5.75 Å². The lowest BCUT2D eigenvalue weighted by molar-refractivity contribution is -0.116. The van der Waals surface area contributed by atoms with Gasteiger partial charge in [-0.2, -0.15) is 0 Å². The topological polar surface area (TPSA) is 95.0 Å². The van der Waals surface area contributed by atoms with Crippen LogP contribution in [0.4, 0.5) is 15.9 Å². The van der Waals surface area contributed by atoms with E-state index in [0.29, 0.717) is 61.0 Å². The summed E-state index contributed by atoms with van der Waals surface area (Å²) in [5.41, 5.74) is 1.35. The number of hydrogen-bond donors (Lipinski definition) is 1. The number of anilines is 2. The van der Waals surface area contributed by atoms with E-state index in [9.17, 15) is 9.18 Å². The Balaban J connectivity index is 1.23. The van der Waals surface area contributed by atoms with Crippen molar-refractivity contribution in [3.63, 3.8) is 0 Å².